The number of nitrogens with zero attached hydrogens (tertiary/aromatic N) is 1. The fourth-order valence-electron chi connectivity index (χ4n) is 0.882. The minimum Gasteiger partial charge on any atom is -0.305 e. The molecule has 0 amide bonds. The predicted octanol–water partition coefficient (Wildman–Crippen LogP) is 0.609. The van der Waals surface area contributed by atoms with Crippen molar-refractivity contribution >= 4 is 8.58 Å². The Morgan fingerprint density at radius 2 is 2.14 bits per heavy atom. The molecular weight excluding hydrogens is 105 g/mol. The smallest absolute Gasteiger partial charge is 0.00561 e. The zero-order valence-corrected chi connectivity index (χ0v) is 5.94. The lowest BCUT2D eigenvalue weighted by Crippen LogP contribution is -2.45. The molecule has 1 saturated heterocycles. The van der Waals surface area contributed by atoms with Crippen molar-refractivity contribution < 1.29 is 0 Å². The van der Waals surface area contributed by atoms with E-state index in [1.807, 2.05) is 0 Å². The second kappa shape index (κ2) is 2.11. The van der Waals surface area contributed by atoms with Gasteiger partial charge in [0.15, 0.2) is 0 Å². The van der Waals surface area contributed by atoms with E-state index < -0.39 is 0 Å². The summed E-state index contributed by atoms with van der Waals surface area (Å²) in [5.41, 5.74) is 1.05. The van der Waals surface area contributed by atoms with Crippen LogP contribution in [0.3, 0.4) is 0 Å². The lowest BCUT2D eigenvalue weighted by Gasteiger charge is -2.35. The van der Waals surface area contributed by atoms with Gasteiger partial charge in [-0.2, -0.15) is 0 Å². The van der Waals surface area contributed by atoms with E-state index in [0.717, 1.165) is 14.2 Å². The first-order valence-corrected chi connectivity index (χ1v) is 4.26. The quantitative estimate of drug-likeness (QED) is 0.455. The minimum absolute atomic E-state index is 1.05. The highest BCUT2D eigenvalue weighted by molar-refractivity contribution is 7.38. The highest BCUT2D eigenvalue weighted by Gasteiger charge is 2.20. The van der Waals surface area contributed by atoms with Crippen LogP contribution in [-0.4, -0.2) is 37.4 Å². The first kappa shape index (κ1) is 5.53. The van der Waals surface area contributed by atoms with E-state index in [4.69, 9.17) is 0 Å². The molecule has 0 saturated carbocycles. The second-order valence-electron chi connectivity index (χ2n) is 2.21. The Morgan fingerprint density at radius 1 is 1.57 bits per heavy atom. The van der Waals surface area contributed by atoms with Crippen molar-refractivity contribution in [2.75, 3.05) is 26.8 Å². The van der Waals surface area contributed by atoms with Crippen LogP contribution in [0.4, 0.5) is 0 Å². The van der Waals surface area contributed by atoms with E-state index in [-0.39, 0.29) is 0 Å². The molecule has 0 aromatic carbocycles. The zero-order chi connectivity index (χ0) is 5.28. The fourth-order valence-corrected chi connectivity index (χ4v) is 1.87. The van der Waals surface area contributed by atoms with Crippen LogP contribution < -0.4 is 0 Å². The van der Waals surface area contributed by atoms with E-state index in [1.165, 1.54) is 13.1 Å². The molecule has 1 fully saturated rings. The SMILES string of the molecule is CPC1CN(C)C1. The molecule has 1 atom stereocenters. The normalized spacial score (nSPS) is 26.6. The van der Waals surface area contributed by atoms with Gasteiger partial charge in [-0.1, -0.05) is 0 Å². The van der Waals surface area contributed by atoms with Crippen molar-refractivity contribution in [2.24, 2.45) is 0 Å². The van der Waals surface area contributed by atoms with Crippen LogP contribution in [0.1, 0.15) is 0 Å². The Hall–Kier alpha value is 0.390. The minimum atomic E-state index is 1.05. The molecule has 1 aliphatic heterocycles. The molecule has 1 unspecified atom stereocenters. The number of rotatable bonds is 1. The molecule has 0 aromatic heterocycles. The van der Waals surface area contributed by atoms with Gasteiger partial charge in [0.1, 0.15) is 0 Å². The van der Waals surface area contributed by atoms with Gasteiger partial charge < -0.3 is 4.90 Å². The number of hydrogen-bond acceptors (Lipinski definition) is 1. The van der Waals surface area contributed by atoms with Crippen molar-refractivity contribution in [1.29, 1.82) is 0 Å². The standard InChI is InChI=1S/C5H12NP/c1-6-3-5(4-6)7-2/h5,7H,3-4H2,1-2H3. The molecule has 1 rings (SSSR count). The molecule has 1 nitrogen and oxygen atoms in total. The van der Waals surface area contributed by atoms with E-state index >= 15 is 0 Å². The highest BCUT2D eigenvalue weighted by atomic mass is 31.1. The fraction of sp³-hybridized carbons (Fsp3) is 1.00. The van der Waals surface area contributed by atoms with E-state index in [2.05, 4.69) is 18.6 Å². The van der Waals surface area contributed by atoms with Crippen molar-refractivity contribution in [3.05, 3.63) is 0 Å². The van der Waals surface area contributed by atoms with Gasteiger partial charge >= 0.3 is 0 Å². The van der Waals surface area contributed by atoms with Crippen molar-refractivity contribution in [2.45, 2.75) is 5.66 Å². The van der Waals surface area contributed by atoms with Gasteiger partial charge in [-0.05, 0) is 13.7 Å². The molecule has 0 bridgehead atoms. The molecule has 0 N–H and O–H groups in total. The Kier molecular flexibility index (Phi) is 1.66. The van der Waals surface area contributed by atoms with Gasteiger partial charge in [-0.15, -0.1) is 8.58 Å². The molecule has 0 spiro atoms. The first-order valence-electron chi connectivity index (χ1n) is 2.68. The maximum absolute atomic E-state index is 2.36. The van der Waals surface area contributed by atoms with E-state index in [0.29, 0.717) is 0 Å². The molecular formula is C5H12NP. The third-order valence-corrected chi connectivity index (χ3v) is 2.65. The van der Waals surface area contributed by atoms with Gasteiger partial charge in [0.05, 0.1) is 0 Å². The summed E-state index contributed by atoms with van der Waals surface area (Å²) in [6.45, 7) is 4.97. The summed E-state index contributed by atoms with van der Waals surface area (Å²) in [4.78, 5) is 2.36. The molecule has 2 heteroatoms. The van der Waals surface area contributed by atoms with Crippen LogP contribution in [-0.2, 0) is 0 Å². The second-order valence-corrected chi connectivity index (χ2v) is 3.60. The molecule has 1 aliphatic rings. The first-order chi connectivity index (χ1) is 3.33. The lowest BCUT2D eigenvalue weighted by molar-refractivity contribution is 0.238. The van der Waals surface area contributed by atoms with Gasteiger partial charge in [0, 0.05) is 18.7 Å². The summed E-state index contributed by atoms with van der Waals surface area (Å²) in [7, 11) is 3.34. The van der Waals surface area contributed by atoms with Gasteiger partial charge in [-0.3, -0.25) is 0 Å². The average Bonchev–Trinajstić information content (AvgIpc) is 1.58. The third kappa shape index (κ3) is 1.14. The predicted molar refractivity (Wildman–Crippen MR) is 35.5 cm³/mol. The molecule has 0 radical (unpaired) electrons. The van der Waals surface area contributed by atoms with Crippen LogP contribution >= 0.6 is 8.58 Å². The topological polar surface area (TPSA) is 3.24 Å². The molecule has 7 heavy (non-hydrogen) atoms. The Labute approximate surface area is 46.9 Å². The summed E-state index contributed by atoms with van der Waals surface area (Å²) in [6.07, 6.45) is 0. The van der Waals surface area contributed by atoms with Crippen LogP contribution in [0.2, 0.25) is 0 Å². The largest absolute Gasteiger partial charge is 0.305 e. The molecule has 0 aliphatic carbocycles. The van der Waals surface area contributed by atoms with Crippen molar-refractivity contribution in [3.8, 4) is 0 Å². The monoisotopic (exact) mass is 117 g/mol. The number of likely N-dealkylation sites (tertiary alicyclic amines) is 1. The maximum atomic E-state index is 2.36. The average molecular weight is 117 g/mol. The molecule has 1 heterocycles. The van der Waals surface area contributed by atoms with Gasteiger partial charge in [-0.25, -0.2) is 0 Å². The van der Waals surface area contributed by atoms with Crippen LogP contribution in [0.25, 0.3) is 0 Å². The van der Waals surface area contributed by atoms with Crippen LogP contribution in [0, 0.1) is 0 Å². The Balaban J connectivity index is 2.06. The number of hydrogen-bond donors (Lipinski definition) is 0. The summed E-state index contributed by atoms with van der Waals surface area (Å²) >= 11 is 0. The van der Waals surface area contributed by atoms with Gasteiger partial charge in [0.25, 0.3) is 0 Å². The Morgan fingerprint density at radius 3 is 2.29 bits per heavy atom. The van der Waals surface area contributed by atoms with Crippen molar-refractivity contribution in [3.63, 3.8) is 0 Å². The zero-order valence-electron chi connectivity index (χ0n) is 4.94. The van der Waals surface area contributed by atoms with Crippen LogP contribution in [0.5, 0.6) is 0 Å². The Bertz CT molecular complexity index is 59.1. The van der Waals surface area contributed by atoms with Crippen LogP contribution in [0.15, 0.2) is 0 Å². The van der Waals surface area contributed by atoms with E-state index in [1.54, 1.807) is 0 Å². The summed E-state index contributed by atoms with van der Waals surface area (Å²) in [6, 6.07) is 0. The highest BCUT2D eigenvalue weighted by Crippen LogP contribution is 2.22. The van der Waals surface area contributed by atoms with E-state index in [9.17, 15) is 0 Å². The third-order valence-electron chi connectivity index (χ3n) is 1.47. The summed E-state index contributed by atoms with van der Waals surface area (Å²) in [5, 5.41) is 0. The molecule has 42 valence electrons. The maximum Gasteiger partial charge on any atom is 0.00561 e. The lowest BCUT2D eigenvalue weighted by atomic mass is 10.2. The summed E-state index contributed by atoms with van der Waals surface area (Å²) in [5.74, 6) is 0. The summed E-state index contributed by atoms with van der Waals surface area (Å²) < 4.78 is 0. The van der Waals surface area contributed by atoms with Crippen molar-refractivity contribution in [1.82, 2.24) is 4.90 Å². The van der Waals surface area contributed by atoms with Gasteiger partial charge in [0.2, 0.25) is 0 Å². The molecule has 0 aromatic rings.